The van der Waals surface area contributed by atoms with Crippen LogP contribution in [0.4, 0.5) is 0 Å². The van der Waals surface area contributed by atoms with Crippen molar-refractivity contribution < 1.29 is 19.1 Å². The van der Waals surface area contributed by atoms with Crippen molar-refractivity contribution in [3.05, 3.63) is 58.6 Å². The molecule has 0 bridgehead atoms. The number of benzene rings is 2. The summed E-state index contributed by atoms with van der Waals surface area (Å²) in [6.07, 6.45) is 2.01. The Balaban J connectivity index is 1.79. The Kier molecular flexibility index (Phi) is 7.95. The third-order valence-corrected chi connectivity index (χ3v) is 4.00. The fraction of sp³-hybridized carbons (Fsp3) is 0.263. The van der Waals surface area contributed by atoms with Crippen molar-refractivity contribution in [3.8, 4) is 11.5 Å². The highest BCUT2D eigenvalue weighted by Gasteiger charge is 2.11. The molecule has 2 N–H and O–H groups in total. The minimum atomic E-state index is -0.458. The number of halogens is 1. The first-order chi connectivity index (χ1) is 12.6. The number of nitrogens with one attached hydrogen (secondary N) is 2. The standard InChI is InChI=1S/C19H21BrN2O4/c1-2-3-11-25-17-10-9-14(12-16(17)20)19(24)22-21-18(23)13-26-15-7-5-4-6-8-15/h4-10,12H,2-3,11,13H2,1H3,(H,21,23)(H,22,24). The summed E-state index contributed by atoms with van der Waals surface area (Å²) in [5, 5.41) is 0. The molecule has 7 heteroatoms. The summed E-state index contributed by atoms with van der Waals surface area (Å²) in [4.78, 5) is 23.9. The lowest BCUT2D eigenvalue weighted by atomic mass is 10.2. The number of carbonyl (C=O) groups excluding carboxylic acids is 2. The quantitative estimate of drug-likeness (QED) is 0.506. The summed E-state index contributed by atoms with van der Waals surface area (Å²) >= 11 is 3.39. The zero-order chi connectivity index (χ0) is 18.8. The molecule has 0 aliphatic carbocycles. The first-order valence-corrected chi connectivity index (χ1v) is 9.09. The van der Waals surface area contributed by atoms with Gasteiger partial charge in [0, 0.05) is 5.56 Å². The highest BCUT2D eigenvalue weighted by atomic mass is 79.9. The zero-order valence-electron chi connectivity index (χ0n) is 14.5. The average molecular weight is 421 g/mol. The summed E-state index contributed by atoms with van der Waals surface area (Å²) in [5.41, 5.74) is 5.06. The number of rotatable bonds is 8. The van der Waals surface area contributed by atoms with Crippen LogP contribution in [0.2, 0.25) is 0 Å². The number of para-hydroxylation sites is 1. The molecule has 0 aliphatic rings. The number of ether oxygens (including phenoxy) is 2. The second-order valence-electron chi connectivity index (χ2n) is 5.45. The smallest absolute Gasteiger partial charge is 0.276 e. The van der Waals surface area contributed by atoms with Gasteiger partial charge in [0.05, 0.1) is 11.1 Å². The Hall–Kier alpha value is -2.54. The van der Waals surface area contributed by atoms with E-state index < -0.39 is 11.8 Å². The maximum atomic E-state index is 12.1. The van der Waals surface area contributed by atoms with E-state index in [9.17, 15) is 9.59 Å². The van der Waals surface area contributed by atoms with Crippen LogP contribution in [0.1, 0.15) is 30.1 Å². The van der Waals surface area contributed by atoms with Gasteiger partial charge in [-0.3, -0.25) is 20.4 Å². The van der Waals surface area contributed by atoms with Gasteiger partial charge in [-0.1, -0.05) is 31.5 Å². The Labute approximate surface area is 161 Å². The summed E-state index contributed by atoms with van der Waals surface area (Å²) in [6, 6.07) is 13.9. The number of hydrogen-bond donors (Lipinski definition) is 2. The van der Waals surface area contributed by atoms with Crippen LogP contribution in [0.25, 0.3) is 0 Å². The average Bonchev–Trinajstić information content (AvgIpc) is 2.66. The molecule has 0 spiro atoms. The van der Waals surface area contributed by atoms with E-state index in [0.717, 1.165) is 12.8 Å². The van der Waals surface area contributed by atoms with Crippen molar-refractivity contribution in [1.29, 1.82) is 0 Å². The summed E-state index contributed by atoms with van der Waals surface area (Å²) in [5.74, 6) is 0.367. The second kappa shape index (κ2) is 10.5. The van der Waals surface area contributed by atoms with E-state index in [1.807, 2.05) is 18.2 Å². The first kappa shape index (κ1) is 19.8. The SMILES string of the molecule is CCCCOc1ccc(C(=O)NNC(=O)COc2ccccc2)cc1Br. The van der Waals surface area contributed by atoms with Crippen LogP contribution >= 0.6 is 15.9 Å². The largest absolute Gasteiger partial charge is 0.492 e. The molecule has 0 atom stereocenters. The van der Waals surface area contributed by atoms with Gasteiger partial charge < -0.3 is 9.47 Å². The third-order valence-electron chi connectivity index (χ3n) is 3.38. The minimum Gasteiger partial charge on any atom is -0.492 e. The Morgan fingerprint density at radius 1 is 1.04 bits per heavy atom. The van der Waals surface area contributed by atoms with E-state index in [1.165, 1.54) is 0 Å². The molecule has 2 aromatic rings. The summed E-state index contributed by atoms with van der Waals surface area (Å²) in [6.45, 7) is 2.52. The third kappa shape index (κ3) is 6.40. The number of hydrazine groups is 1. The van der Waals surface area contributed by atoms with Crippen LogP contribution in [0, 0.1) is 0 Å². The predicted molar refractivity (Wildman–Crippen MR) is 102 cm³/mol. The van der Waals surface area contributed by atoms with Gasteiger partial charge in [-0.25, -0.2) is 0 Å². The fourth-order valence-corrected chi connectivity index (χ4v) is 2.48. The lowest BCUT2D eigenvalue weighted by Crippen LogP contribution is -2.43. The Bertz CT molecular complexity index is 738. The molecule has 0 aliphatic heterocycles. The molecule has 2 rings (SSSR count). The van der Waals surface area contributed by atoms with Crippen molar-refractivity contribution in [3.63, 3.8) is 0 Å². The molecule has 0 saturated carbocycles. The zero-order valence-corrected chi connectivity index (χ0v) is 16.0. The van der Waals surface area contributed by atoms with Gasteiger partial charge >= 0.3 is 0 Å². The molecule has 138 valence electrons. The van der Waals surface area contributed by atoms with Gasteiger partial charge in [0.25, 0.3) is 11.8 Å². The predicted octanol–water partition coefficient (Wildman–Crippen LogP) is 3.47. The van der Waals surface area contributed by atoms with Crippen LogP contribution in [-0.2, 0) is 4.79 Å². The van der Waals surface area contributed by atoms with Crippen molar-refractivity contribution in [2.45, 2.75) is 19.8 Å². The van der Waals surface area contributed by atoms with E-state index in [0.29, 0.717) is 28.1 Å². The Morgan fingerprint density at radius 3 is 2.50 bits per heavy atom. The molecule has 0 fully saturated rings. The van der Waals surface area contributed by atoms with Gasteiger partial charge in [-0.2, -0.15) is 0 Å². The van der Waals surface area contributed by atoms with Crippen LogP contribution in [0.5, 0.6) is 11.5 Å². The fourth-order valence-electron chi connectivity index (χ4n) is 1.99. The maximum absolute atomic E-state index is 12.1. The van der Waals surface area contributed by atoms with Gasteiger partial charge in [-0.05, 0) is 52.7 Å². The number of carbonyl (C=O) groups is 2. The summed E-state index contributed by atoms with van der Waals surface area (Å²) < 4.78 is 11.6. The van der Waals surface area contributed by atoms with E-state index in [2.05, 4.69) is 33.7 Å². The van der Waals surface area contributed by atoms with Gasteiger partial charge in [0.15, 0.2) is 6.61 Å². The highest BCUT2D eigenvalue weighted by molar-refractivity contribution is 9.10. The molecule has 0 aromatic heterocycles. The Morgan fingerprint density at radius 2 is 1.81 bits per heavy atom. The van der Waals surface area contributed by atoms with Crippen molar-refractivity contribution in [1.82, 2.24) is 10.9 Å². The minimum absolute atomic E-state index is 0.196. The highest BCUT2D eigenvalue weighted by Crippen LogP contribution is 2.26. The summed E-state index contributed by atoms with van der Waals surface area (Å²) in [7, 11) is 0. The first-order valence-electron chi connectivity index (χ1n) is 8.29. The van der Waals surface area contributed by atoms with Crippen LogP contribution < -0.4 is 20.3 Å². The van der Waals surface area contributed by atoms with E-state index in [1.54, 1.807) is 30.3 Å². The van der Waals surface area contributed by atoms with Crippen molar-refractivity contribution in [2.24, 2.45) is 0 Å². The number of unbranched alkanes of at least 4 members (excludes halogenated alkanes) is 1. The molecule has 0 radical (unpaired) electrons. The van der Waals surface area contributed by atoms with E-state index in [-0.39, 0.29) is 6.61 Å². The molecular weight excluding hydrogens is 400 g/mol. The van der Waals surface area contributed by atoms with Gasteiger partial charge in [0.2, 0.25) is 0 Å². The second-order valence-corrected chi connectivity index (χ2v) is 6.31. The van der Waals surface area contributed by atoms with Crippen molar-refractivity contribution in [2.75, 3.05) is 13.2 Å². The number of amides is 2. The van der Waals surface area contributed by atoms with Crippen LogP contribution in [0.3, 0.4) is 0 Å². The lowest BCUT2D eigenvalue weighted by Gasteiger charge is -2.11. The molecular formula is C19H21BrN2O4. The molecule has 2 aromatic carbocycles. The van der Waals surface area contributed by atoms with Crippen LogP contribution in [-0.4, -0.2) is 25.0 Å². The molecule has 0 unspecified atom stereocenters. The van der Waals surface area contributed by atoms with Crippen molar-refractivity contribution >= 4 is 27.7 Å². The monoisotopic (exact) mass is 420 g/mol. The maximum Gasteiger partial charge on any atom is 0.276 e. The normalized spacial score (nSPS) is 10.1. The van der Waals surface area contributed by atoms with Gasteiger partial charge in [0.1, 0.15) is 11.5 Å². The molecule has 0 heterocycles. The molecule has 6 nitrogen and oxygen atoms in total. The topological polar surface area (TPSA) is 76.7 Å². The molecule has 26 heavy (non-hydrogen) atoms. The lowest BCUT2D eigenvalue weighted by molar-refractivity contribution is -0.123. The van der Waals surface area contributed by atoms with E-state index in [4.69, 9.17) is 9.47 Å². The molecule has 2 amide bonds. The van der Waals surface area contributed by atoms with E-state index >= 15 is 0 Å². The van der Waals surface area contributed by atoms with Gasteiger partial charge in [-0.15, -0.1) is 0 Å². The van der Waals surface area contributed by atoms with Crippen LogP contribution in [0.15, 0.2) is 53.0 Å². The molecule has 0 saturated heterocycles. The number of hydrogen-bond acceptors (Lipinski definition) is 4.